The highest BCUT2D eigenvalue weighted by molar-refractivity contribution is 5.92. The molecule has 0 saturated carbocycles. The zero-order valence-corrected chi connectivity index (χ0v) is 16.9. The van der Waals surface area contributed by atoms with E-state index in [1.54, 1.807) is 26.1 Å². The van der Waals surface area contributed by atoms with Crippen LogP contribution in [0.3, 0.4) is 0 Å². The molecular formula is C18H24N8O3. The zero-order chi connectivity index (χ0) is 21.1. The van der Waals surface area contributed by atoms with Gasteiger partial charge in [-0.25, -0.2) is 4.68 Å². The molecule has 154 valence electrons. The fourth-order valence-corrected chi connectivity index (χ4v) is 3.21. The summed E-state index contributed by atoms with van der Waals surface area (Å²) in [6.07, 6.45) is 2.40. The minimum atomic E-state index is -0.442. The van der Waals surface area contributed by atoms with Gasteiger partial charge in [0.25, 0.3) is 5.91 Å². The maximum atomic E-state index is 12.3. The average molecular weight is 400 g/mol. The van der Waals surface area contributed by atoms with Crippen LogP contribution in [0.4, 0.5) is 5.69 Å². The van der Waals surface area contributed by atoms with E-state index in [-0.39, 0.29) is 24.0 Å². The fourth-order valence-electron chi connectivity index (χ4n) is 3.21. The van der Waals surface area contributed by atoms with Crippen LogP contribution in [-0.2, 0) is 13.2 Å². The summed E-state index contributed by atoms with van der Waals surface area (Å²) in [5.74, 6) is -0.267. The third-order valence-electron chi connectivity index (χ3n) is 4.61. The molecule has 1 N–H and O–H groups in total. The Labute approximate surface area is 167 Å². The summed E-state index contributed by atoms with van der Waals surface area (Å²) in [7, 11) is 0. The number of hydrogen-bond donors (Lipinski definition) is 1. The van der Waals surface area contributed by atoms with Crippen molar-refractivity contribution in [3.8, 4) is 0 Å². The van der Waals surface area contributed by atoms with Crippen LogP contribution in [-0.4, -0.2) is 46.7 Å². The molecule has 0 fully saturated rings. The van der Waals surface area contributed by atoms with Crippen molar-refractivity contribution in [2.75, 3.05) is 6.54 Å². The van der Waals surface area contributed by atoms with E-state index in [9.17, 15) is 14.9 Å². The van der Waals surface area contributed by atoms with E-state index < -0.39 is 4.92 Å². The normalized spacial score (nSPS) is 11.0. The van der Waals surface area contributed by atoms with Gasteiger partial charge in [-0.3, -0.25) is 24.3 Å². The van der Waals surface area contributed by atoms with Crippen LogP contribution < -0.4 is 5.32 Å². The van der Waals surface area contributed by atoms with E-state index >= 15 is 0 Å². The van der Waals surface area contributed by atoms with Crippen molar-refractivity contribution in [1.82, 2.24) is 34.7 Å². The third-order valence-corrected chi connectivity index (χ3v) is 4.61. The van der Waals surface area contributed by atoms with Crippen molar-refractivity contribution < 1.29 is 9.72 Å². The summed E-state index contributed by atoms with van der Waals surface area (Å²) in [5.41, 5.74) is 3.14. The van der Waals surface area contributed by atoms with E-state index in [4.69, 9.17) is 0 Å². The number of hydrogen-bond acceptors (Lipinski definition) is 6. The number of amides is 1. The largest absolute Gasteiger partial charge is 0.351 e. The van der Waals surface area contributed by atoms with Gasteiger partial charge in [-0.2, -0.15) is 15.3 Å². The lowest BCUT2D eigenvalue weighted by atomic mass is 10.3. The highest BCUT2D eigenvalue weighted by Gasteiger charge is 2.22. The molecule has 0 spiro atoms. The Bertz CT molecular complexity index is 1050. The molecule has 0 bridgehead atoms. The van der Waals surface area contributed by atoms with E-state index in [0.717, 1.165) is 24.4 Å². The van der Waals surface area contributed by atoms with Crippen LogP contribution in [0.15, 0.2) is 18.3 Å². The lowest BCUT2D eigenvalue weighted by Gasteiger charge is -2.06. The molecule has 1 amide bonds. The average Bonchev–Trinajstić information content (AvgIpc) is 3.30. The first kappa shape index (κ1) is 20.2. The van der Waals surface area contributed by atoms with Crippen LogP contribution in [0.25, 0.3) is 0 Å². The zero-order valence-electron chi connectivity index (χ0n) is 16.9. The van der Waals surface area contributed by atoms with Crippen molar-refractivity contribution in [2.24, 2.45) is 0 Å². The van der Waals surface area contributed by atoms with Gasteiger partial charge >= 0.3 is 5.69 Å². The molecule has 0 aliphatic heterocycles. The van der Waals surface area contributed by atoms with Gasteiger partial charge < -0.3 is 5.32 Å². The maximum absolute atomic E-state index is 12.3. The molecule has 3 aromatic rings. The van der Waals surface area contributed by atoms with Gasteiger partial charge in [0.05, 0.1) is 10.6 Å². The van der Waals surface area contributed by atoms with Gasteiger partial charge in [0, 0.05) is 25.0 Å². The molecule has 11 heteroatoms. The predicted molar refractivity (Wildman–Crippen MR) is 105 cm³/mol. The lowest BCUT2D eigenvalue weighted by molar-refractivity contribution is -0.386. The number of aromatic nitrogens is 6. The third kappa shape index (κ3) is 4.50. The van der Waals surface area contributed by atoms with Crippen molar-refractivity contribution in [3.05, 3.63) is 56.9 Å². The summed E-state index contributed by atoms with van der Waals surface area (Å²) in [5, 5.41) is 26.8. The number of carbonyl (C=O) groups excluding carboxylic acids is 1. The summed E-state index contributed by atoms with van der Waals surface area (Å²) < 4.78 is 4.94. The molecule has 0 aromatic carbocycles. The van der Waals surface area contributed by atoms with Crippen molar-refractivity contribution in [2.45, 2.75) is 47.3 Å². The second-order valence-corrected chi connectivity index (χ2v) is 6.92. The second-order valence-electron chi connectivity index (χ2n) is 6.92. The van der Waals surface area contributed by atoms with E-state index in [0.29, 0.717) is 17.9 Å². The predicted octanol–water partition coefficient (Wildman–Crippen LogP) is 1.74. The number of nitrogens with one attached hydrogen (secondary N) is 1. The SMILES string of the molecule is Cc1cc(C)n(CCCNC(=O)c2ccn(Cn3nc(C)c([N+](=O)[O-])c3C)n2)n1. The summed E-state index contributed by atoms with van der Waals surface area (Å²) >= 11 is 0. The summed E-state index contributed by atoms with van der Waals surface area (Å²) in [6, 6.07) is 3.62. The first-order valence-corrected chi connectivity index (χ1v) is 9.27. The molecule has 0 atom stereocenters. The fraction of sp³-hybridized carbons (Fsp3) is 0.444. The Morgan fingerprint density at radius 2 is 1.93 bits per heavy atom. The number of carbonyl (C=O) groups is 1. The monoisotopic (exact) mass is 400 g/mol. The van der Waals surface area contributed by atoms with Crippen molar-refractivity contribution >= 4 is 11.6 Å². The molecule has 3 heterocycles. The van der Waals surface area contributed by atoms with Crippen LogP contribution in [0.5, 0.6) is 0 Å². The Kier molecular flexibility index (Phi) is 5.76. The first-order valence-electron chi connectivity index (χ1n) is 9.27. The quantitative estimate of drug-likeness (QED) is 0.349. The molecule has 3 aromatic heterocycles. The lowest BCUT2D eigenvalue weighted by Crippen LogP contribution is -2.26. The van der Waals surface area contributed by atoms with Crippen LogP contribution >= 0.6 is 0 Å². The number of nitro groups is 1. The Morgan fingerprint density at radius 1 is 1.17 bits per heavy atom. The molecule has 0 radical (unpaired) electrons. The van der Waals surface area contributed by atoms with E-state index in [1.807, 2.05) is 24.6 Å². The molecule has 0 aliphatic rings. The van der Waals surface area contributed by atoms with Crippen molar-refractivity contribution in [1.29, 1.82) is 0 Å². The van der Waals surface area contributed by atoms with Gasteiger partial charge in [-0.05, 0) is 46.2 Å². The molecule has 0 saturated heterocycles. The molecule has 0 unspecified atom stereocenters. The van der Waals surface area contributed by atoms with Gasteiger partial charge in [0.2, 0.25) is 0 Å². The minimum Gasteiger partial charge on any atom is -0.351 e. The smallest absolute Gasteiger partial charge is 0.312 e. The van der Waals surface area contributed by atoms with Gasteiger partial charge in [0.1, 0.15) is 23.8 Å². The van der Waals surface area contributed by atoms with Crippen LogP contribution in [0.1, 0.15) is 39.7 Å². The highest BCUT2D eigenvalue weighted by Crippen LogP contribution is 2.21. The first-order chi connectivity index (χ1) is 13.8. The van der Waals surface area contributed by atoms with Crippen LogP contribution in [0, 0.1) is 37.8 Å². The van der Waals surface area contributed by atoms with Crippen LogP contribution in [0.2, 0.25) is 0 Å². The molecule has 11 nitrogen and oxygen atoms in total. The standard InChI is InChI=1S/C18H24N8O3/c1-12-10-13(2)24(20-12)8-5-7-19-18(27)16-6-9-23(22-16)11-25-15(4)17(26(28)29)14(3)21-25/h6,9-10H,5,7-8,11H2,1-4H3,(H,19,27). The minimum absolute atomic E-state index is 0.00210. The molecular weight excluding hydrogens is 376 g/mol. The van der Waals surface area contributed by atoms with E-state index in [1.165, 1.54) is 9.36 Å². The molecule has 0 aliphatic carbocycles. The topological polar surface area (TPSA) is 126 Å². The Hall–Kier alpha value is -3.50. The van der Waals surface area contributed by atoms with Crippen molar-refractivity contribution in [3.63, 3.8) is 0 Å². The molecule has 29 heavy (non-hydrogen) atoms. The Balaban J connectivity index is 1.54. The molecule has 3 rings (SSSR count). The van der Waals surface area contributed by atoms with Gasteiger partial charge in [-0.15, -0.1) is 0 Å². The van der Waals surface area contributed by atoms with Gasteiger partial charge in [0.15, 0.2) is 0 Å². The number of rotatable bonds is 8. The van der Waals surface area contributed by atoms with E-state index in [2.05, 4.69) is 20.6 Å². The number of aryl methyl sites for hydroxylation is 4. The second kappa shape index (κ2) is 8.25. The Morgan fingerprint density at radius 3 is 2.55 bits per heavy atom. The summed E-state index contributed by atoms with van der Waals surface area (Å²) in [4.78, 5) is 23.0. The highest BCUT2D eigenvalue weighted by atomic mass is 16.6. The summed E-state index contributed by atoms with van der Waals surface area (Å²) in [6.45, 7) is 8.60. The number of nitrogens with zero attached hydrogens (tertiary/aromatic N) is 7. The van der Waals surface area contributed by atoms with Gasteiger partial charge in [-0.1, -0.05) is 0 Å². The maximum Gasteiger partial charge on any atom is 0.312 e.